The van der Waals surface area contributed by atoms with Crippen LogP contribution in [-0.2, 0) is 0 Å². The third-order valence-corrected chi connectivity index (χ3v) is 2.95. The molecule has 16 heavy (non-hydrogen) atoms. The van der Waals surface area contributed by atoms with E-state index in [0.29, 0.717) is 31.9 Å². The van der Waals surface area contributed by atoms with E-state index >= 15 is 0 Å². The molecule has 4 heteroatoms. The maximum absolute atomic E-state index is 9.00. The number of benzene rings is 2. The molecule has 2 rings (SSSR count). The topological polar surface area (TPSA) is 47.6 Å². The van der Waals surface area contributed by atoms with Crippen molar-refractivity contribution in [3.63, 3.8) is 0 Å². The van der Waals surface area contributed by atoms with Crippen molar-refractivity contribution in [2.24, 2.45) is 0 Å². The van der Waals surface area contributed by atoms with E-state index in [2.05, 4.69) is 0 Å². The highest BCUT2D eigenvalue weighted by Gasteiger charge is 2.10. The number of halogens is 2. The van der Waals surface area contributed by atoms with E-state index in [1.165, 1.54) is 0 Å². The van der Waals surface area contributed by atoms with Gasteiger partial charge in [-0.2, -0.15) is 10.5 Å². The van der Waals surface area contributed by atoms with Crippen LogP contribution in [0.2, 0.25) is 10.0 Å². The van der Waals surface area contributed by atoms with Crippen molar-refractivity contribution in [1.29, 1.82) is 10.5 Å². The summed E-state index contributed by atoms with van der Waals surface area (Å²) in [6.45, 7) is 0. The highest BCUT2D eigenvalue weighted by atomic mass is 35.5. The first-order valence-corrected chi connectivity index (χ1v) is 5.15. The summed E-state index contributed by atoms with van der Waals surface area (Å²) >= 11 is 11.8. The molecule has 0 unspecified atom stereocenters. The minimum atomic E-state index is 0.368. The van der Waals surface area contributed by atoms with Gasteiger partial charge in [-0.15, -0.1) is 0 Å². The second-order valence-corrected chi connectivity index (χ2v) is 3.98. The molecular formula is C12H4Cl2N2. The molecule has 0 aliphatic rings. The third kappa shape index (κ3) is 1.49. The van der Waals surface area contributed by atoms with Crippen LogP contribution in [0.5, 0.6) is 0 Å². The molecule has 2 nitrogen and oxygen atoms in total. The van der Waals surface area contributed by atoms with Crippen LogP contribution in [0.3, 0.4) is 0 Å². The quantitative estimate of drug-likeness (QED) is 0.708. The Morgan fingerprint density at radius 2 is 1.12 bits per heavy atom. The molecule has 0 saturated heterocycles. The first-order valence-electron chi connectivity index (χ1n) is 4.40. The Bertz CT molecular complexity index is 604. The van der Waals surface area contributed by atoms with Crippen LogP contribution in [0.4, 0.5) is 0 Å². The number of hydrogen-bond donors (Lipinski definition) is 0. The molecule has 2 aromatic rings. The summed E-state index contributed by atoms with van der Waals surface area (Å²) < 4.78 is 0. The third-order valence-electron chi connectivity index (χ3n) is 2.32. The molecule has 0 heterocycles. The van der Waals surface area contributed by atoms with E-state index in [0.717, 1.165) is 0 Å². The van der Waals surface area contributed by atoms with Gasteiger partial charge in [-0.1, -0.05) is 35.3 Å². The summed E-state index contributed by atoms with van der Waals surface area (Å²) in [6.07, 6.45) is 0. The van der Waals surface area contributed by atoms with Crippen LogP contribution < -0.4 is 0 Å². The fourth-order valence-electron chi connectivity index (χ4n) is 1.58. The Balaban J connectivity index is 3.01. The molecule has 0 amide bonds. The molecule has 0 aromatic heterocycles. The summed E-state index contributed by atoms with van der Waals surface area (Å²) in [5.74, 6) is 0. The second-order valence-electron chi connectivity index (χ2n) is 3.16. The van der Waals surface area contributed by atoms with E-state index < -0.39 is 0 Å². The molecule has 0 radical (unpaired) electrons. The first kappa shape index (κ1) is 10.8. The van der Waals surface area contributed by atoms with Crippen LogP contribution in [0, 0.1) is 22.7 Å². The standard InChI is InChI=1S/C12H4Cl2N2/c13-11-3-1-7-8(10(11)6-16)2-4-12(14)9(7)5-15/h1-4H. The van der Waals surface area contributed by atoms with Gasteiger partial charge < -0.3 is 0 Å². The van der Waals surface area contributed by atoms with Gasteiger partial charge >= 0.3 is 0 Å². The van der Waals surface area contributed by atoms with Crippen molar-refractivity contribution in [2.45, 2.75) is 0 Å². The molecule has 0 aliphatic heterocycles. The first-order chi connectivity index (χ1) is 7.69. The fourth-order valence-corrected chi connectivity index (χ4v) is 1.99. The van der Waals surface area contributed by atoms with E-state index in [1.807, 2.05) is 12.1 Å². The smallest absolute Gasteiger partial charge is 0.101 e. The number of nitriles is 2. The molecule has 0 bridgehead atoms. The van der Waals surface area contributed by atoms with Gasteiger partial charge in [-0.05, 0) is 12.1 Å². The van der Waals surface area contributed by atoms with Gasteiger partial charge in [-0.3, -0.25) is 0 Å². The lowest BCUT2D eigenvalue weighted by Crippen LogP contribution is -1.86. The fraction of sp³-hybridized carbons (Fsp3) is 0. The van der Waals surface area contributed by atoms with Gasteiger partial charge in [-0.25, -0.2) is 0 Å². The maximum atomic E-state index is 9.00. The summed E-state index contributed by atoms with van der Waals surface area (Å²) in [5.41, 5.74) is 0.736. The van der Waals surface area contributed by atoms with E-state index in [4.69, 9.17) is 33.7 Å². The average molecular weight is 247 g/mol. The van der Waals surface area contributed by atoms with Gasteiger partial charge in [0.05, 0.1) is 21.2 Å². The van der Waals surface area contributed by atoms with E-state index in [9.17, 15) is 0 Å². The van der Waals surface area contributed by atoms with Crippen molar-refractivity contribution in [3.8, 4) is 12.1 Å². The Hall–Kier alpha value is -1.74. The lowest BCUT2D eigenvalue weighted by molar-refractivity contribution is 1.49. The Morgan fingerprint density at radius 1 is 0.750 bits per heavy atom. The van der Waals surface area contributed by atoms with Gasteiger partial charge in [0.15, 0.2) is 0 Å². The molecule has 0 fully saturated rings. The maximum Gasteiger partial charge on any atom is 0.101 e. The van der Waals surface area contributed by atoms with E-state index in [1.54, 1.807) is 24.3 Å². The van der Waals surface area contributed by atoms with Crippen LogP contribution in [0.15, 0.2) is 24.3 Å². The van der Waals surface area contributed by atoms with E-state index in [-0.39, 0.29) is 0 Å². The van der Waals surface area contributed by atoms with Crippen molar-refractivity contribution >= 4 is 34.0 Å². The summed E-state index contributed by atoms with van der Waals surface area (Å²) in [6, 6.07) is 10.6. The second kappa shape index (κ2) is 4.02. The Morgan fingerprint density at radius 3 is 1.44 bits per heavy atom. The van der Waals surface area contributed by atoms with Crippen LogP contribution in [-0.4, -0.2) is 0 Å². The Kier molecular flexibility index (Phi) is 2.71. The number of nitrogens with zero attached hydrogens (tertiary/aromatic N) is 2. The molecule has 0 saturated carbocycles. The van der Waals surface area contributed by atoms with Gasteiger partial charge in [0.1, 0.15) is 12.1 Å². The summed E-state index contributed by atoms with van der Waals surface area (Å²) in [4.78, 5) is 0. The summed E-state index contributed by atoms with van der Waals surface area (Å²) in [7, 11) is 0. The molecule has 2 aromatic carbocycles. The lowest BCUT2D eigenvalue weighted by Gasteiger charge is -2.05. The zero-order chi connectivity index (χ0) is 11.7. The average Bonchev–Trinajstić information content (AvgIpc) is 2.29. The highest BCUT2D eigenvalue weighted by molar-refractivity contribution is 6.34. The molecule has 0 atom stereocenters. The minimum Gasteiger partial charge on any atom is -0.192 e. The predicted molar refractivity (Wildman–Crippen MR) is 63.4 cm³/mol. The Labute approximate surface area is 102 Å². The molecule has 76 valence electrons. The van der Waals surface area contributed by atoms with Crippen molar-refractivity contribution in [3.05, 3.63) is 45.4 Å². The highest BCUT2D eigenvalue weighted by Crippen LogP contribution is 2.31. The van der Waals surface area contributed by atoms with Gasteiger partial charge in [0, 0.05) is 10.8 Å². The van der Waals surface area contributed by atoms with Crippen molar-refractivity contribution in [2.75, 3.05) is 0 Å². The SMILES string of the molecule is N#Cc1c(Cl)ccc2c(C#N)c(Cl)ccc12. The minimum absolute atomic E-state index is 0.368. The van der Waals surface area contributed by atoms with Gasteiger partial charge in [0.25, 0.3) is 0 Å². The number of rotatable bonds is 0. The lowest BCUT2D eigenvalue weighted by atomic mass is 10.0. The van der Waals surface area contributed by atoms with Crippen molar-refractivity contribution in [1.82, 2.24) is 0 Å². The van der Waals surface area contributed by atoms with Crippen LogP contribution in [0.1, 0.15) is 11.1 Å². The molecular weight excluding hydrogens is 243 g/mol. The summed E-state index contributed by atoms with van der Waals surface area (Å²) in [5, 5.41) is 20.0. The molecule has 0 N–H and O–H groups in total. The van der Waals surface area contributed by atoms with Crippen LogP contribution in [0.25, 0.3) is 10.8 Å². The van der Waals surface area contributed by atoms with Gasteiger partial charge in [0.2, 0.25) is 0 Å². The van der Waals surface area contributed by atoms with Crippen molar-refractivity contribution < 1.29 is 0 Å². The predicted octanol–water partition coefficient (Wildman–Crippen LogP) is 3.89. The zero-order valence-corrected chi connectivity index (χ0v) is 9.47. The number of hydrogen-bond acceptors (Lipinski definition) is 2. The zero-order valence-electron chi connectivity index (χ0n) is 7.96. The molecule has 0 spiro atoms. The monoisotopic (exact) mass is 246 g/mol. The number of fused-ring (bicyclic) bond motifs is 1. The normalized spacial score (nSPS) is 9.75. The molecule has 0 aliphatic carbocycles. The van der Waals surface area contributed by atoms with Crippen LogP contribution >= 0.6 is 23.2 Å². The largest absolute Gasteiger partial charge is 0.192 e.